The number of nitrogen functional groups attached to an aromatic ring is 1. The number of carboxylic acid groups (broad SMARTS) is 1. The molecule has 0 saturated carbocycles. The molecule has 2 heterocycles. The molecule has 0 aromatic carbocycles. The van der Waals surface area contributed by atoms with Crippen LogP contribution in [0.4, 0.5) is 5.82 Å². The van der Waals surface area contributed by atoms with E-state index in [1.807, 2.05) is 0 Å². The van der Waals surface area contributed by atoms with Gasteiger partial charge in [0.1, 0.15) is 11.4 Å². The van der Waals surface area contributed by atoms with Gasteiger partial charge in [-0.3, -0.25) is 19.3 Å². The minimum absolute atomic E-state index is 0.00466. The number of pyridine rings is 1. The standard InChI is InChI=1S/C14H19ClN4O5/c1-24-10-5-19(6-11(20)21)3-2-9(10)17-13(22)7-4-8(15)12(16)18-14(7)23/h4,9-10H,2-3,5-6H2,1H3,(H,17,22)(H,20,21)(H3,16,18,23)/t9-,10+/m1/s1. The lowest BCUT2D eigenvalue weighted by molar-refractivity contribution is -0.139. The number of carbonyl (C=O) groups is 2. The van der Waals surface area contributed by atoms with Crippen LogP contribution in [0.2, 0.25) is 5.02 Å². The van der Waals surface area contributed by atoms with Crippen molar-refractivity contribution in [3.8, 4) is 0 Å². The fourth-order valence-electron chi connectivity index (χ4n) is 2.65. The number of rotatable bonds is 5. The van der Waals surface area contributed by atoms with Gasteiger partial charge in [0.15, 0.2) is 0 Å². The van der Waals surface area contributed by atoms with Gasteiger partial charge >= 0.3 is 5.97 Å². The minimum atomic E-state index is -0.921. The van der Waals surface area contributed by atoms with Gasteiger partial charge in [-0.2, -0.15) is 0 Å². The average molecular weight is 359 g/mol. The fourth-order valence-corrected chi connectivity index (χ4v) is 2.81. The summed E-state index contributed by atoms with van der Waals surface area (Å²) in [5.41, 5.74) is 4.71. The molecule has 24 heavy (non-hydrogen) atoms. The van der Waals surface area contributed by atoms with Crippen molar-refractivity contribution in [2.45, 2.75) is 18.6 Å². The van der Waals surface area contributed by atoms with E-state index in [4.69, 9.17) is 27.2 Å². The van der Waals surface area contributed by atoms with Crippen LogP contribution in [-0.4, -0.2) is 65.8 Å². The molecule has 2 atom stereocenters. The van der Waals surface area contributed by atoms with Gasteiger partial charge in [-0.15, -0.1) is 0 Å². The number of nitrogens with zero attached hydrogens (tertiary/aromatic N) is 1. The van der Waals surface area contributed by atoms with Gasteiger partial charge < -0.3 is 25.9 Å². The molecule has 1 aliphatic rings. The number of hydrogen-bond acceptors (Lipinski definition) is 6. The zero-order chi connectivity index (χ0) is 17.9. The summed E-state index contributed by atoms with van der Waals surface area (Å²) in [5, 5.41) is 11.7. The van der Waals surface area contributed by atoms with Crippen LogP contribution >= 0.6 is 11.6 Å². The van der Waals surface area contributed by atoms with Crippen molar-refractivity contribution in [2.75, 3.05) is 32.5 Å². The third-order valence-corrected chi connectivity index (χ3v) is 4.20. The molecule has 2 rings (SSSR count). The summed E-state index contributed by atoms with van der Waals surface area (Å²) >= 11 is 5.83. The molecule has 0 radical (unpaired) electrons. The Morgan fingerprint density at radius 3 is 2.92 bits per heavy atom. The SMILES string of the molecule is CO[C@H]1CN(CC(=O)O)CC[C@H]1NC(=O)c1cc(Cl)c(N)[nH]c1=O. The third-order valence-electron chi connectivity index (χ3n) is 3.89. The normalized spacial score (nSPS) is 21.4. The first-order valence-corrected chi connectivity index (χ1v) is 7.65. The lowest BCUT2D eigenvalue weighted by atomic mass is 10.0. The number of nitrogens with one attached hydrogen (secondary N) is 2. The second kappa shape index (κ2) is 7.65. The summed E-state index contributed by atoms with van der Waals surface area (Å²) in [7, 11) is 1.49. The topological polar surface area (TPSA) is 138 Å². The molecule has 132 valence electrons. The van der Waals surface area contributed by atoms with E-state index in [0.29, 0.717) is 19.5 Å². The molecule has 1 amide bonds. The number of ether oxygens (including phenoxy) is 1. The number of methoxy groups -OCH3 is 1. The quantitative estimate of drug-likeness (QED) is 0.557. The number of nitrogens with two attached hydrogens (primary N) is 1. The average Bonchev–Trinajstić information content (AvgIpc) is 2.51. The van der Waals surface area contributed by atoms with Crippen LogP contribution in [0.25, 0.3) is 0 Å². The zero-order valence-corrected chi connectivity index (χ0v) is 13.8. The largest absolute Gasteiger partial charge is 0.480 e. The van der Waals surface area contributed by atoms with Crippen molar-refractivity contribution in [1.29, 1.82) is 0 Å². The summed E-state index contributed by atoms with van der Waals surface area (Å²) in [6, 6.07) is 0.871. The number of halogens is 1. The molecule has 1 fully saturated rings. The van der Waals surface area contributed by atoms with Gasteiger partial charge in [-0.25, -0.2) is 0 Å². The lowest BCUT2D eigenvalue weighted by Crippen LogP contribution is -2.55. The predicted octanol–water partition coefficient (Wildman–Crippen LogP) is -0.486. The van der Waals surface area contributed by atoms with Gasteiger partial charge in [0, 0.05) is 20.2 Å². The Bertz CT molecular complexity index is 692. The van der Waals surface area contributed by atoms with E-state index in [0.717, 1.165) is 0 Å². The van der Waals surface area contributed by atoms with Gasteiger partial charge in [0.25, 0.3) is 11.5 Å². The van der Waals surface area contributed by atoms with E-state index in [9.17, 15) is 14.4 Å². The highest BCUT2D eigenvalue weighted by Gasteiger charge is 2.31. The molecule has 1 aliphatic heterocycles. The van der Waals surface area contributed by atoms with E-state index in [1.54, 1.807) is 4.90 Å². The second-order valence-corrected chi connectivity index (χ2v) is 5.95. The maximum atomic E-state index is 12.3. The minimum Gasteiger partial charge on any atom is -0.480 e. The number of likely N-dealkylation sites (tertiary alicyclic amines) is 1. The van der Waals surface area contributed by atoms with Crippen LogP contribution in [0.1, 0.15) is 16.8 Å². The monoisotopic (exact) mass is 358 g/mol. The Labute approximate surface area is 142 Å². The highest BCUT2D eigenvalue weighted by molar-refractivity contribution is 6.33. The van der Waals surface area contributed by atoms with Crippen LogP contribution in [0.5, 0.6) is 0 Å². The number of aliphatic carboxylic acids is 1. The number of amides is 1. The van der Waals surface area contributed by atoms with Crippen molar-refractivity contribution in [2.24, 2.45) is 0 Å². The molecule has 5 N–H and O–H groups in total. The number of anilines is 1. The molecule has 0 unspecified atom stereocenters. The Morgan fingerprint density at radius 1 is 1.58 bits per heavy atom. The molecular weight excluding hydrogens is 340 g/mol. The van der Waals surface area contributed by atoms with Gasteiger partial charge in [-0.05, 0) is 12.5 Å². The van der Waals surface area contributed by atoms with E-state index < -0.39 is 17.4 Å². The number of piperidine rings is 1. The molecule has 0 bridgehead atoms. The van der Waals surface area contributed by atoms with E-state index in [2.05, 4.69) is 10.3 Å². The van der Waals surface area contributed by atoms with Crippen molar-refractivity contribution in [1.82, 2.24) is 15.2 Å². The van der Waals surface area contributed by atoms with Crippen molar-refractivity contribution in [3.05, 3.63) is 27.0 Å². The van der Waals surface area contributed by atoms with Crippen LogP contribution in [0, 0.1) is 0 Å². The van der Waals surface area contributed by atoms with Crippen molar-refractivity contribution in [3.63, 3.8) is 0 Å². The summed E-state index contributed by atoms with van der Waals surface area (Å²) in [4.78, 5) is 39.0. The smallest absolute Gasteiger partial charge is 0.317 e. The van der Waals surface area contributed by atoms with Gasteiger partial charge in [0.05, 0.1) is 23.7 Å². The molecule has 1 aromatic rings. The van der Waals surface area contributed by atoms with Crippen molar-refractivity contribution < 1.29 is 19.4 Å². The molecule has 0 spiro atoms. The summed E-state index contributed by atoms with van der Waals surface area (Å²) in [5.74, 6) is -1.51. The Morgan fingerprint density at radius 2 is 2.29 bits per heavy atom. The van der Waals surface area contributed by atoms with Crippen LogP contribution < -0.4 is 16.6 Å². The first kappa shape index (κ1) is 18.2. The number of carbonyl (C=O) groups excluding carboxylic acids is 1. The van der Waals surface area contributed by atoms with E-state index in [1.165, 1.54) is 13.2 Å². The van der Waals surface area contributed by atoms with Crippen molar-refractivity contribution >= 4 is 29.3 Å². The number of carboxylic acids is 1. The van der Waals surface area contributed by atoms with Gasteiger partial charge in [-0.1, -0.05) is 11.6 Å². The Balaban J connectivity index is 2.07. The number of aromatic nitrogens is 1. The highest BCUT2D eigenvalue weighted by atomic mass is 35.5. The highest BCUT2D eigenvalue weighted by Crippen LogP contribution is 2.16. The first-order valence-electron chi connectivity index (χ1n) is 7.28. The fraction of sp³-hybridized carbons (Fsp3) is 0.500. The number of hydrogen-bond donors (Lipinski definition) is 4. The Kier molecular flexibility index (Phi) is 5.81. The molecule has 0 aliphatic carbocycles. The van der Waals surface area contributed by atoms with Gasteiger partial charge in [0.2, 0.25) is 0 Å². The maximum Gasteiger partial charge on any atom is 0.317 e. The lowest BCUT2D eigenvalue weighted by Gasteiger charge is -2.37. The predicted molar refractivity (Wildman–Crippen MR) is 87.2 cm³/mol. The molecule has 9 nitrogen and oxygen atoms in total. The third kappa shape index (κ3) is 4.25. The first-order chi connectivity index (χ1) is 11.3. The van der Waals surface area contributed by atoms with Crippen LogP contribution in [0.3, 0.4) is 0 Å². The van der Waals surface area contributed by atoms with E-state index >= 15 is 0 Å². The molecule has 1 aromatic heterocycles. The second-order valence-electron chi connectivity index (χ2n) is 5.55. The van der Waals surface area contributed by atoms with Crippen LogP contribution in [0.15, 0.2) is 10.9 Å². The maximum absolute atomic E-state index is 12.3. The molecule has 1 saturated heterocycles. The Hall–Kier alpha value is -2.10. The number of aromatic amines is 1. The zero-order valence-electron chi connectivity index (χ0n) is 13.0. The van der Waals surface area contributed by atoms with Crippen LogP contribution in [-0.2, 0) is 9.53 Å². The number of H-pyrrole nitrogens is 1. The molecular formula is C14H19ClN4O5. The summed E-state index contributed by atoms with van der Waals surface area (Å²) < 4.78 is 5.34. The van der Waals surface area contributed by atoms with E-state index in [-0.39, 0.29) is 35.1 Å². The molecule has 10 heteroatoms. The summed E-state index contributed by atoms with van der Waals surface area (Å²) in [6.45, 7) is 0.774. The summed E-state index contributed by atoms with van der Waals surface area (Å²) in [6.07, 6.45) is 0.114.